The molecule has 0 unspecified atom stereocenters. The summed E-state index contributed by atoms with van der Waals surface area (Å²) in [4.78, 5) is 17.2. The number of aromatic nitrogens is 2. The number of amides is 1. The second kappa shape index (κ2) is 8.43. The van der Waals surface area contributed by atoms with E-state index in [0.29, 0.717) is 30.9 Å². The first kappa shape index (κ1) is 20.8. The van der Waals surface area contributed by atoms with Crippen LogP contribution in [0, 0.1) is 17.5 Å². The molecule has 2 aliphatic heterocycles. The summed E-state index contributed by atoms with van der Waals surface area (Å²) < 4.78 is 42.0. The molecule has 32 heavy (non-hydrogen) atoms. The first-order valence-corrected chi connectivity index (χ1v) is 10.8. The second-order valence-corrected chi connectivity index (χ2v) is 8.49. The van der Waals surface area contributed by atoms with E-state index in [2.05, 4.69) is 15.1 Å². The third-order valence-corrected chi connectivity index (χ3v) is 6.63. The summed E-state index contributed by atoms with van der Waals surface area (Å²) in [5.74, 6) is -2.39. The Labute approximate surface area is 183 Å². The van der Waals surface area contributed by atoms with Gasteiger partial charge in [0.1, 0.15) is 5.82 Å². The van der Waals surface area contributed by atoms with Crippen LogP contribution in [0.5, 0.6) is 0 Å². The van der Waals surface area contributed by atoms with Gasteiger partial charge in [-0.1, -0.05) is 12.1 Å². The number of H-pyrrole nitrogens is 1. The van der Waals surface area contributed by atoms with Crippen LogP contribution in [0.3, 0.4) is 0 Å². The minimum atomic E-state index is -0.835. The highest BCUT2D eigenvalue weighted by atomic mass is 19.2. The van der Waals surface area contributed by atoms with Gasteiger partial charge in [0.2, 0.25) is 0 Å². The molecule has 0 saturated carbocycles. The molecule has 5 rings (SSSR count). The van der Waals surface area contributed by atoms with Gasteiger partial charge in [-0.25, -0.2) is 13.2 Å². The minimum absolute atomic E-state index is 0.0565. The number of nitrogens with one attached hydrogen (secondary N) is 1. The molecule has 2 saturated heterocycles. The van der Waals surface area contributed by atoms with Gasteiger partial charge in [0.25, 0.3) is 5.91 Å². The van der Waals surface area contributed by atoms with Crippen LogP contribution in [0.4, 0.5) is 13.2 Å². The number of rotatable bonds is 3. The van der Waals surface area contributed by atoms with Crippen molar-refractivity contribution in [3.05, 3.63) is 77.2 Å². The van der Waals surface area contributed by atoms with Crippen molar-refractivity contribution in [3.8, 4) is 11.3 Å². The van der Waals surface area contributed by atoms with Gasteiger partial charge < -0.3 is 4.90 Å². The number of aromatic amines is 1. The lowest BCUT2D eigenvalue weighted by molar-refractivity contribution is 0.0326. The van der Waals surface area contributed by atoms with Crippen molar-refractivity contribution >= 4 is 5.91 Å². The van der Waals surface area contributed by atoms with Crippen LogP contribution < -0.4 is 0 Å². The Morgan fingerprint density at radius 3 is 2.66 bits per heavy atom. The quantitative estimate of drug-likeness (QED) is 0.664. The molecule has 1 aromatic heterocycles. The van der Waals surface area contributed by atoms with Crippen molar-refractivity contribution in [1.82, 2.24) is 20.0 Å². The Bertz CT molecular complexity index is 1130. The first-order chi connectivity index (χ1) is 15.5. The van der Waals surface area contributed by atoms with E-state index in [9.17, 15) is 13.6 Å². The summed E-state index contributed by atoms with van der Waals surface area (Å²) >= 11 is 0. The molecule has 0 spiro atoms. The topological polar surface area (TPSA) is 52.2 Å². The van der Waals surface area contributed by atoms with E-state index < -0.39 is 17.5 Å². The number of piperazine rings is 1. The molecule has 0 aliphatic carbocycles. The summed E-state index contributed by atoms with van der Waals surface area (Å²) in [5.41, 5.74) is 1.70. The molecule has 2 aromatic carbocycles. The summed E-state index contributed by atoms with van der Waals surface area (Å²) in [6.45, 7) is 2.42. The van der Waals surface area contributed by atoms with Gasteiger partial charge in [0, 0.05) is 44.0 Å². The number of halogens is 3. The molecule has 2 fully saturated rings. The zero-order valence-electron chi connectivity index (χ0n) is 17.4. The largest absolute Gasteiger partial charge is 0.336 e. The van der Waals surface area contributed by atoms with Crippen molar-refractivity contribution in [2.24, 2.45) is 0 Å². The van der Waals surface area contributed by atoms with Gasteiger partial charge in [-0.15, -0.1) is 0 Å². The second-order valence-electron chi connectivity index (χ2n) is 8.49. The van der Waals surface area contributed by atoms with Gasteiger partial charge in [-0.05, 0) is 54.7 Å². The van der Waals surface area contributed by atoms with Crippen molar-refractivity contribution < 1.29 is 18.0 Å². The Morgan fingerprint density at radius 2 is 1.88 bits per heavy atom. The van der Waals surface area contributed by atoms with Crippen LogP contribution in [-0.2, 0) is 0 Å². The summed E-state index contributed by atoms with van der Waals surface area (Å²) in [7, 11) is 0. The first-order valence-electron chi connectivity index (χ1n) is 10.8. The Morgan fingerprint density at radius 1 is 1.00 bits per heavy atom. The highest BCUT2D eigenvalue weighted by Crippen LogP contribution is 2.33. The fourth-order valence-corrected chi connectivity index (χ4v) is 4.88. The zero-order chi connectivity index (χ0) is 22.2. The van der Waals surface area contributed by atoms with Gasteiger partial charge in [0.15, 0.2) is 11.6 Å². The monoisotopic (exact) mass is 440 g/mol. The van der Waals surface area contributed by atoms with Gasteiger partial charge in [-0.3, -0.25) is 14.8 Å². The molecule has 0 radical (unpaired) electrons. The van der Waals surface area contributed by atoms with Crippen LogP contribution in [-0.4, -0.2) is 58.1 Å². The number of benzene rings is 2. The molecule has 5 nitrogen and oxygen atoms in total. The van der Waals surface area contributed by atoms with Gasteiger partial charge in [0.05, 0.1) is 11.3 Å². The Kier molecular flexibility index (Phi) is 5.46. The third-order valence-electron chi connectivity index (χ3n) is 6.63. The summed E-state index contributed by atoms with van der Waals surface area (Å²) in [6.07, 6.45) is 3.21. The molecule has 8 heteroatoms. The predicted molar refractivity (Wildman–Crippen MR) is 114 cm³/mol. The normalized spacial score (nSPS) is 21.4. The number of hydrogen-bond donors (Lipinski definition) is 1. The molecule has 1 amide bonds. The van der Waals surface area contributed by atoms with Crippen LogP contribution >= 0.6 is 0 Å². The Hall–Kier alpha value is -3.13. The Balaban J connectivity index is 1.28. The molecule has 3 aromatic rings. The summed E-state index contributed by atoms with van der Waals surface area (Å²) in [5, 5.41) is 6.59. The van der Waals surface area contributed by atoms with Gasteiger partial charge in [-0.2, -0.15) is 5.10 Å². The maximum absolute atomic E-state index is 15.1. The van der Waals surface area contributed by atoms with Gasteiger partial charge >= 0.3 is 0 Å². The van der Waals surface area contributed by atoms with Crippen LogP contribution in [0.15, 0.2) is 48.7 Å². The third kappa shape index (κ3) is 3.79. The number of hydrogen-bond acceptors (Lipinski definition) is 3. The lowest BCUT2D eigenvalue weighted by Gasteiger charge is -2.46. The maximum atomic E-state index is 15.1. The molecular weight excluding hydrogens is 417 g/mol. The number of piperidine rings is 1. The molecule has 1 N–H and O–H groups in total. The molecule has 2 aliphatic rings. The lowest BCUT2D eigenvalue weighted by Crippen LogP contribution is -2.57. The van der Waals surface area contributed by atoms with E-state index in [1.54, 1.807) is 35.4 Å². The van der Waals surface area contributed by atoms with Crippen molar-refractivity contribution in [2.45, 2.75) is 24.8 Å². The smallest absolute Gasteiger partial charge is 0.256 e. The highest BCUT2D eigenvalue weighted by Gasteiger charge is 2.36. The maximum Gasteiger partial charge on any atom is 0.256 e. The van der Waals surface area contributed by atoms with Crippen molar-refractivity contribution in [2.75, 3.05) is 26.2 Å². The van der Waals surface area contributed by atoms with Crippen LogP contribution in [0.1, 0.15) is 34.7 Å². The number of nitrogens with zero attached hydrogens (tertiary/aromatic N) is 3. The van der Waals surface area contributed by atoms with E-state index in [0.717, 1.165) is 24.9 Å². The molecule has 2 atom stereocenters. The fraction of sp³-hybridized carbons (Fsp3) is 0.333. The SMILES string of the molecule is O=C(c1cccc(-c2ccn[nH]2)c1F)N1CCN2C[C@@H](c3ccc(F)c(F)c3)CC[C@@H]2C1. The fourth-order valence-electron chi connectivity index (χ4n) is 4.88. The number of carbonyl (C=O) groups excluding carboxylic acids is 1. The van der Waals surface area contributed by atoms with Crippen molar-refractivity contribution in [3.63, 3.8) is 0 Å². The van der Waals surface area contributed by atoms with Crippen LogP contribution in [0.25, 0.3) is 11.3 Å². The predicted octanol–water partition coefficient (Wildman–Crippen LogP) is 4.20. The molecule has 3 heterocycles. The van der Waals surface area contributed by atoms with E-state index in [-0.39, 0.29) is 23.4 Å². The van der Waals surface area contributed by atoms with E-state index in [1.165, 1.54) is 18.2 Å². The lowest BCUT2D eigenvalue weighted by atomic mass is 9.86. The molecule has 166 valence electrons. The highest BCUT2D eigenvalue weighted by molar-refractivity contribution is 5.96. The number of carbonyl (C=O) groups is 1. The van der Waals surface area contributed by atoms with Crippen molar-refractivity contribution in [1.29, 1.82) is 0 Å². The zero-order valence-corrected chi connectivity index (χ0v) is 17.4. The minimum Gasteiger partial charge on any atom is -0.336 e. The summed E-state index contributed by atoms with van der Waals surface area (Å²) in [6, 6.07) is 10.8. The average molecular weight is 440 g/mol. The standard InChI is InChI=1S/C24H23F3N4O/c25-20-7-5-15(12-21(20)26)16-4-6-17-14-31(11-10-30(17)13-16)24(32)19-3-1-2-18(23(19)27)22-8-9-28-29-22/h1-3,5,7-9,12,16-17H,4,6,10-11,13-14H2,(H,28,29)/t16-,17+/m0/s1. The number of fused-ring (bicyclic) bond motifs is 1. The van der Waals surface area contributed by atoms with E-state index in [4.69, 9.17) is 0 Å². The molecular formula is C24H23F3N4O. The van der Waals surface area contributed by atoms with E-state index in [1.807, 2.05) is 0 Å². The molecule has 0 bridgehead atoms. The van der Waals surface area contributed by atoms with E-state index >= 15 is 4.39 Å². The van der Waals surface area contributed by atoms with Crippen LogP contribution in [0.2, 0.25) is 0 Å². The average Bonchev–Trinajstić information content (AvgIpc) is 3.34.